The molecule has 0 N–H and O–H groups in total. The summed E-state index contributed by atoms with van der Waals surface area (Å²) in [6, 6.07) is 0. The molecule has 0 radical (unpaired) electrons. The summed E-state index contributed by atoms with van der Waals surface area (Å²) in [5, 5.41) is 0. The number of ketones is 1. The van der Waals surface area contributed by atoms with Gasteiger partial charge >= 0.3 is 0 Å². The standard InChI is InChI=1S/C27H45NO/c1-19-6-8-21-20(18-19)7-9-23-22(21)12-14-27(2)24(23)10-11-25(27)26(29)13-17-28-15-4-3-5-16-28/h19-25H,3-18H2,1-2H3. The Hall–Kier alpha value is -0.370. The minimum atomic E-state index is 0.328. The molecule has 164 valence electrons. The zero-order valence-electron chi connectivity index (χ0n) is 19.2. The van der Waals surface area contributed by atoms with E-state index in [2.05, 4.69) is 18.7 Å². The summed E-state index contributed by atoms with van der Waals surface area (Å²) in [6.07, 6.45) is 17.7. The van der Waals surface area contributed by atoms with E-state index in [-0.39, 0.29) is 0 Å². The second-order valence-corrected chi connectivity index (χ2v) is 12.1. The lowest BCUT2D eigenvalue weighted by Crippen LogP contribution is -2.49. The number of carbonyl (C=O) groups is 1. The van der Waals surface area contributed by atoms with Gasteiger partial charge in [0.1, 0.15) is 5.78 Å². The van der Waals surface area contributed by atoms with Gasteiger partial charge in [0.05, 0.1) is 0 Å². The summed E-state index contributed by atoms with van der Waals surface area (Å²) in [5.41, 5.74) is 0.328. The summed E-state index contributed by atoms with van der Waals surface area (Å²) in [7, 11) is 0. The molecule has 4 aliphatic carbocycles. The highest BCUT2D eigenvalue weighted by molar-refractivity contribution is 5.82. The van der Waals surface area contributed by atoms with Gasteiger partial charge in [-0.2, -0.15) is 0 Å². The van der Waals surface area contributed by atoms with E-state index in [1.165, 1.54) is 90.1 Å². The topological polar surface area (TPSA) is 20.3 Å². The Bertz CT molecular complexity index is 595. The molecule has 1 aliphatic heterocycles. The van der Waals surface area contributed by atoms with Crippen LogP contribution in [0.1, 0.15) is 97.3 Å². The van der Waals surface area contributed by atoms with E-state index < -0.39 is 0 Å². The van der Waals surface area contributed by atoms with Crippen LogP contribution in [0.25, 0.3) is 0 Å². The average molecular weight is 400 g/mol. The van der Waals surface area contributed by atoms with Gasteiger partial charge in [-0.3, -0.25) is 4.79 Å². The molecular weight excluding hydrogens is 354 g/mol. The number of hydrogen-bond acceptors (Lipinski definition) is 2. The van der Waals surface area contributed by atoms with Gasteiger partial charge in [-0.15, -0.1) is 0 Å². The highest BCUT2D eigenvalue weighted by atomic mass is 16.1. The van der Waals surface area contributed by atoms with Crippen molar-refractivity contribution in [3.63, 3.8) is 0 Å². The van der Waals surface area contributed by atoms with Crippen molar-refractivity contribution >= 4 is 5.78 Å². The molecule has 1 heterocycles. The molecule has 0 aromatic heterocycles. The lowest BCUT2D eigenvalue weighted by atomic mass is 9.49. The molecule has 0 aromatic carbocycles. The maximum atomic E-state index is 13.3. The van der Waals surface area contributed by atoms with Gasteiger partial charge < -0.3 is 4.90 Å². The fraction of sp³-hybridized carbons (Fsp3) is 0.963. The molecule has 5 aliphatic rings. The van der Waals surface area contributed by atoms with Gasteiger partial charge in [0.25, 0.3) is 0 Å². The first-order valence-electron chi connectivity index (χ1n) is 13.3. The molecule has 8 unspecified atom stereocenters. The van der Waals surface area contributed by atoms with Gasteiger partial charge in [-0.1, -0.05) is 26.7 Å². The molecule has 4 saturated carbocycles. The van der Waals surface area contributed by atoms with E-state index in [1.807, 2.05) is 0 Å². The lowest BCUT2D eigenvalue weighted by molar-refractivity contribution is -0.130. The van der Waals surface area contributed by atoms with Crippen molar-refractivity contribution in [1.29, 1.82) is 0 Å². The maximum Gasteiger partial charge on any atom is 0.137 e. The van der Waals surface area contributed by atoms with Crippen molar-refractivity contribution in [2.75, 3.05) is 19.6 Å². The number of fused-ring (bicyclic) bond motifs is 5. The number of hydrogen-bond donors (Lipinski definition) is 0. The summed E-state index contributed by atoms with van der Waals surface area (Å²) < 4.78 is 0. The lowest BCUT2D eigenvalue weighted by Gasteiger charge is -2.56. The predicted molar refractivity (Wildman–Crippen MR) is 120 cm³/mol. The molecule has 0 amide bonds. The molecule has 0 bridgehead atoms. The van der Waals surface area contributed by atoms with Crippen molar-refractivity contribution in [2.24, 2.45) is 46.8 Å². The minimum Gasteiger partial charge on any atom is -0.303 e. The van der Waals surface area contributed by atoms with Crippen LogP contribution in [-0.4, -0.2) is 30.3 Å². The van der Waals surface area contributed by atoms with Crippen molar-refractivity contribution < 1.29 is 4.79 Å². The Kier molecular flexibility index (Phi) is 5.86. The van der Waals surface area contributed by atoms with Crippen LogP contribution in [0, 0.1) is 46.8 Å². The SMILES string of the molecule is CC1CCC2C(CCC3C2CCC2(C)C(C(=O)CCN4CCCCC4)CCC32)C1. The van der Waals surface area contributed by atoms with Crippen LogP contribution in [0.4, 0.5) is 0 Å². The number of likely N-dealkylation sites (tertiary alicyclic amines) is 1. The van der Waals surface area contributed by atoms with Crippen molar-refractivity contribution in [3.05, 3.63) is 0 Å². The molecule has 5 rings (SSSR count). The smallest absolute Gasteiger partial charge is 0.137 e. The molecular formula is C27H45NO. The Morgan fingerprint density at radius 1 is 0.897 bits per heavy atom. The Balaban J connectivity index is 1.23. The third-order valence-corrected chi connectivity index (χ3v) is 10.7. The van der Waals surface area contributed by atoms with Crippen LogP contribution in [0.5, 0.6) is 0 Å². The van der Waals surface area contributed by atoms with Crippen LogP contribution in [-0.2, 0) is 4.79 Å². The Labute approximate surface area is 179 Å². The number of carbonyl (C=O) groups excluding carboxylic acids is 1. The van der Waals surface area contributed by atoms with Crippen LogP contribution < -0.4 is 0 Å². The third-order valence-electron chi connectivity index (χ3n) is 10.7. The van der Waals surface area contributed by atoms with Crippen molar-refractivity contribution in [3.8, 4) is 0 Å². The molecule has 1 saturated heterocycles. The van der Waals surface area contributed by atoms with Crippen LogP contribution in [0.3, 0.4) is 0 Å². The molecule has 8 atom stereocenters. The third kappa shape index (κ3) is 3.74. The van der Waals surface area contributed by atoms with Gasteiger partial charge in [0.2, 0.25) is 0 Å². The fourth-order valence-corrected chi connectivity index (χ4v) is 9.24. The zero-order valence-corrected chi connectivity index (χ0v) is 19.2. The Morgan fingerprint density at radius 2 is 1.69 bits per heavy atom. The maximum absolute atomic E-state index is 13.3. The molecule has 29 heavy (non-hydrogen) atoms. The number of rotatable bonds is 4. The quantitative estimate of drug-likeness (QED) is 0.550. The van der Waals surface area contributed by atoms with E-state index in [0.717, 1.165) is 48.5 Å². The van der Waals surface area contributed by atoms with Gasteiger partial charge in [-0.25, -0.2) is 0 Å². The van der Waals surface area contributed by atoms with E-state index in [9.17, 15) is 4.79 Å². The van der Waals surface area contributed by atoms with E-state index >= 15 is 0 Å². The molecule has 5 fully saturated rings. The first-order chi connectivity index (χ1) is 14.1. The van der Waals surface area contributed by atoms with Crippen molar-refractivity contribution in [2.45, 2.75) is 97.3 Å². The first-order valence-corrected chi connectivity index (χ1v) is 13.3. The highest BCUT2D eigenvalue weighted by Crippen LogP contribution is 2.64. The summed E-state index contributed by atoms with van der Waals surface area (Å²) in [4.78, 5) is 15.9. The summed E-state index contributed by atoms with van der Waals surface area (Å²) in [5.74, 6) is 6.84. The van der Waals surface area contributed by atoms with Gasteiger partial charge in [0, 0.05) is 18.9 Å². The molecule has 2 heteroatoms. The van der Waals surface area contributed by atoms with E-state index in [0.29, 0.717) is 17.1 Å². The molecule has 0 aromatic rings. The van der Waals surface area contributed by atoms with E-state index in [1.54, 1.807) is 0 Å². The average Bonchev–Trinajstić information content (AvgIpc) is 3.09. The van der Waals surface area contributed by atoms with Gasteiger partial charge in [0.15, 0.2) is 0 Å². The largest absolute Gasteiger partial charge is 0.303 e. The normalized spacial score (nSPS) is 47.9. The van der Waals surface area contributed by atoms with Crippen LogP contribution >= 0.6 is 0 Å². The second kappa shape index (κ2) is 8.29. The molecule has 2 nitrogen and oxygen atoms in total. The molecule has 0 spiro atoms. The number of piperidine rings is 1. The van der Waals surface area contributed by atoms with Crippen molar-refractivity contribution in [1.82, 2.24) is 4.90 Å². The fourth-order valence-electron chi connectivity index (χ4n) is 9.24. The minimum absolute atomic E-state index is 0.328. The second-order valence-electron chi connectivity index (χ2n) is 12.1. The van der Waals surface area contributed by atoms with Crippen LogP contribution in [0.15, 0.2) is 0 Å². The summed E-state index contributed by atoms with van der Waals surface area (Å²) >= 11 is 0. The number of nitrogens with zero attached hydrogens (tertiary/aromatic N) is 1. The highest BCUT2D eigenvalue weighted by Gasteiger charge is 2.58. The summed E-state index contributed by atoms with van der Waals surface area (Å²) in [6.45, 7) is 8.51. The monoisotopic (exact) mass is 399 g/mol. The van der Waals surface area contributed by atoms with Crippen LogP contribution in [0.2, 0.25) is 0 Å². The Morgan fingerprint density at radius 3 is 2.52 bits per heavy atom. The van der Waals surface area contributed by atoms with E-state index in [4.69, 9.17) is 0 Å². The predicted octanol–water partition coefficient (Wildman–Crippen LogP) is 6.34. The first kappa shape index (κ1) is 20.5. The zero-order chi connectivity index (χ0) is 20.0. The number of Topliss-reactive ketones (excluding diaryl/α,β-unsaturated/α-hetero) is 1. The van der Waals surface area contributed by atoms with Gasteiger partial charge in [-0.05, 0) is 118 Å².